The zero-order valence-electron chi connectivity index (χ0n) is 50.1. The van der Waals surface area contributed by atoms with Crippen molar-refractivity contribution in [2.24, 2.45) is 47.2 Å². The summed E-state index contributed by atoms with van der Waals surface area (Å²) in [5.74, 6) is -5.03. The van der Waals surface area contributed by atoms with Gasteiger partial charge in [-0.3, -0.25) is 4.79 Å². The number of esters is 1. The Morgan fingerprint density at radius 1 is 0.646 bits per heavy atom. The van der Waals surface area contributed by atoms with Crippen LogP contribution >= 0.6 is 0 Å². The maximum Gasteiger partial charge on any atom is 0.333 e. The molecule has 1 aliphatic rings. The summed E-state index contributed by atoms with van der Waals surface area (Å²) in [6.07, 6.45) is -4.67. The Bertz CT molecular complexity index is 2120. The van der Waals surface area contributed by atoms with Gasteiger partial charge in [0.1, 0.15) is 6.10 Å². The number of nitrogens with two attached hydrogens (primary N) is 1. The summed E-state index contributed by atoms with van der Waals surface area (Å²) in [5, 5.41) is 156. The van der Waals surface area contributed by atoms with E-state index in [4.69, 9.17) is 10.5 Å². The Labute approximate surface area is 487 Å². The summed E-state index contributed by atoms with van der Waals surface area (Å²) >= 11 is 0. The molecule has 22 atom stereocenters. The van der Waals surface area contributed by atoms with E-state index in [2.05, 4.69) is 5.32 Å². The average molecular weight is 1160 g/mol. The van der Waals surface area contributed by atoms with Crippen molar-refractivity contribution in [2.45, 2.75) is 244 Å². The van der Waals surface area contributed by atoms with Crippen molar-refractivity contribution < 1.29 is 85.8 Å². The van der Waals surface area contributed by atoms with E-state index in [-0.39, 0.29) is 81.2 Å². The third kappa shape index (κ3) is 27.1. The molecule has 0 fully saturated rings. The topological polar surface area (TPSA) is 365 Å². The van der Waals surface area contributed by atoms with Crippen LogP contribution in [0.4, 0.5) is 0 Å². The van der Waals surface area contributed by atoms with E-state index in [1.807, 2.05) is 50.3 Å². The molecular formula is C63H106N2O17. The lowest BCUT2D eigenvalue weighted by Gasteiger charge is -2.33. The molecule has 0 saturated heterocycles. The number of hydrogen-bond acceptors (Lipinski definition) is 18. The van der Waals surface area contributed by atoms with Crippen molar-refractivity contribution in [3.8, 4) is 0 Å². The van der Waals surface area contributed by atoms with E-state index in [0.717, 1.165) is 11.1 Å². The number of nitrogens with one attached hydrogen (secondary N) is 1. The first-order valence-electron chi connectivity index (χ1n) is 29.6. The molecule has 470 valence electrons. The number of hydrogen-bond donors (Lipinski definition) is 16. The van der Waals surface area contributed by atoms with Gasteiger partial charge in [-0.2, -0.15) is 0 Å². The number of allylic oxidation sites excluding steroid dienone is 2. The van der Waals surface area contributed by atoms with Crippen molar-refractivity contribution in [1.29, 1.82) is 0 Å². The summed E-state index contributed by atoms with van der Waals surface area (Å²) in [5.41, 5.74) is 8.13. The van der Waals surface area contributed by atoms with Gasteiger partial charge in [-0.25, -0.2) is 4.79 Å². The van der Waals surface area contributed by atoms with Gasteiger partial charge in [-0.1, -0.05) is 121 Å². The lowest BCUT2D eigenvalue weighted by Crippen LogP contribution is -2.41. The molecule has 0 bridgehead atoms. The normalized spacial score (nSPS) is 38.8. The zero-order valence-corrected chi connectivity index (χ0v) is 50.1. The molecule has 0 aromatic heterocycles. The lowest BCUT2D eigenvalue weighted by molar-refractivity contribution is -0.149. The predicted octanol–water partition coefficient (Wildman–Crippen LogP) is 3.43. The summed E-state index contributed by atoms with van der Waals surface area (Å²) in [6.45, 7) is 15.7. The Morgan fingerprint density at radius 3 is 1.80 bits per heavy atom. The fraction of sp³-hybridized carbons (Fsp3) is 0.714. The van der Waals surface area contributed by atoms with Gasteiger partial charge in [0, 0.05) is 79.9 Å². The molecule has 0 spiro atoms. The van der Waals surface area contributed by atoms with Crippen LogP contribution in [0.2, 0.25) is 0 Å². The highest BCUT2D eigenvalue weighted by molar-refractivity contribution is 5.87. The predicted molar refractivity (Wildman–Crippen MR) is 315 cm³/mol. The summed E-state index contributed by atoms with van der Waals surface area (Å²) in [6, 6.07) is 7.49. The highest BCUT2D eigenvalue weighted by Gasteiger charge is 2.34. The van der Waals surface area contributed by atoms with Gasteiger partial charge in [-0.05, 0) is 87.8 Å². The highest BCUT2D eigenvalue weighted by atomic mass is 16.5. The van der Waals surface area contributed by atoms with Crippen molar-refractivity contribution >= 4 is 11.9 Å². The molecular weight excluding hydrogens is 1060 g/mol. The number of carbonyl (C=O) groups excluding carboxylic acids is 2. The molecule has 1 aromatic carbocycles. The van der Waals surface area contributed by atoms with Crippen LogP contribution in [0.5, 0.6) is 0 Å². The molecule has 1 aliphatic heterocycles. The van der Waals surface area contributed by atoms with Gasteiger partial charge < -0.3 is 87.3 Å². The Hall–Kier alpha value is -3.74. The maximum absolute atomic E-state index is 13.6. The highest BCUT2D eigenvalue weighted by Crippen LogP contribution is 2.28. The van der Waals surface area contributed by atoms with Crippen molar-refractivity contribution in [3.05, 3.63) is 95.1 Å². The SMILES string of the molecule is C/C1=C\CCC(C)C(O)C(C)C(O)CC/C=C/C(C)C(O)/C=C/C(C)C(O)/C(C)=C/C(O)C(O)CC(O)CC(O)CC(O)C(C)C(O)C(C)C(O)CC(O)CC(O)/C=C/CC(C(C)C(O)CCC(=O)NCc2ccc(CN)cc2)OC1=O. The van der Waals surface area contributed by atoms with E-state index in [0.29, 0.717) is 37.8 Å². The van der Waals surface area contributed by atoms with Gasteiger partial charge in [0.2, 0.25) is 5.91 Å². The number of aliphatic hydroxyl groups excluding tert-OH is 14. The lowest BCUT2D eigenvalue weighted by atomic mass is 9.82. The minimum absolute atomic E-state index is 0.0165. The molecule has 19 nitrogen and oxygen atoms in total. The second kappa shape index (κ2) is 38.3. The average Bonchev–Trinajstić information content (AvgIpc) is 3.52. The maximum atomic E-state index is 13.6. The van der Waals surface area contributed by atoms with Gasteiger partial charge in [-0.15, -0.1) is 0 Å². The third-order valence-electron chi connectivity index (χ3n) is 16.6. The third-order valence-corrected chi connectivity index (χ3v) is 16.6. The van der Waals surface area contributed by atoms with E-state index in [1.165, 1.54) is 26.0 Å². The first-order chi connectivity index (χ1) is 38.5. The van der Waals surface area contributed by atoms with Crippen LogP contribution < -0.4 is 11.1 Å². The standard InChI is InChI=1S/C63H106N2O17/c1-36-14-10-11-18-52(71)42(7)61(79)37(2)15-12-16-39(4)63(81)82-58(41(6)53(72)26-27-59(77)65-35-46-23-21-45(34-64)22-24-46)19-13-17-47(66)29-48(67)31-54(73)43(8)62(80)44(9)55(74)32-49(68)30-50(69)33-57(76)56(75)28-40(5)60(78)38(3)20-25-51(36)70/h10,13-14,16-17,20-25,28,36-38,41-44,47-58,60-62,66-76,78-80H,11-12,15,18-19,26-27,29-35,64H2,1-9H3,(H,65,77)/b14-10+,17-13+,25-20+,39-16+,40-28+. The van der Waals surface area contributed by atoms with E-state index >= 15 is 0 Å². The molecule has 2 rings (SSSR count). The molecule has 22 unspecified atom stereocenters. The Balaban J connectivity index is 2.32. The Morgan fingerprint density at radius 2 is 1.21 bits per heavy atom. The zero-order chi connectivity index (χ0) is 62.0. The van der Waals surface area contributed by atoms with Crippen LogP contribution in [0.3, 0.4) is 0 Å². The minimum Gasteiger partial charge on any atom is -0.458 e. The summed E-state index contributed by atoms with van der Waals surface area (Å²) in [7, 11) is 0. The Kier molecular flexibility index (Phi) is 34.8. The van der Waals surface area contributed by atoms with Crippen molar-refractivity contribution in [3.63, 3.8) is 0 Å². The molecule has 1 aromatic rings. The van der Waals surface area contributed by atoms with Crippen molar-refractivity contribution in [2.75, 3.05) is 0 Å². The molecule has 17 N–H and O–H groups in total. The second-order valence-electron chi connectivity index (χ2n) is 23.8. The van der Waals surface area contributed by atoms with Crippen LogP contribution in [0.15, 0.2) is 84.0 Å². The molecule has 1 amide bonds. The summed E-state index contributed by atoms with van der Waals surface area (Å²) in [4.78, 5) is 26.5. The van der Waals surface area contributed by atoms with Gasteiger partial charge in [0.05, 0.1) is 85.5 Å². The van der Waals surface area contributed by atoms with Crippen molar-refractivity contribution in [1.82, 2.24) is 5.32 Å². The number of benzene rings is 1. The summed E-state index contributed by atoms with van der Waals surface area (Å²) < 4.78 is 5.98. The largest absolute Gasteiger partial charge is 0.458 e. The van der Waals surface area contributed by atoms with Crippen LogP contribution in [0.25, 0.3) is 0 Å². The quantitative estimate of drug-likeness (QED) is 0.131. The van der Waals surface area contributed by atoms with Crippen LogP contribution in [-0.4, -0.2) is 175 Å². The molecule has 0 radical (unpaired) electrons. The number of carbonyl (C=O) groups is 2. The first-order valence-corrected chi connectivity index (χ1v) is 29.6. The van der Waals surface area contributed by atoms with Gasteiger partial charge in [0.15, 0.2) is 0 Å². The van der Waals surface area contributed by atoms with E-state index in [9.17, 15) is 81.1 Å². The van der Waals surface area contributed by atoms with Crippen LogP contribution in [-0.2, 0) is 27.4 Å². The second-order valence-corrected chi connectivity index (χ2v) is 23.8. The fourth-order valence-corrected chi connectivity index (χ4v) is 10.1. The number of aliphatic hydroxyl groups is 14. The monoisotopic (exact) mass is 1160 g/mol. The van der Waals surface area contributed by atoms with E-state index < -0.39 is 127 Å². The van der Waals surface area contributed by atoms with E-state index in [1.54, 1.807) is 58.9 Å². The fourth-order valence-electron chi connectivity index (χ4n) is 10.1. The number of rotatable bonds is 8. The van der Waals surface area contributed by atoms with Gasteiger partial charge >= 0.3 is 5.97 Å². The molecule has 0 saturated carbocycles. The molecule has 1 heterocycles. The number of cyclic esters (lactones) is 1. The number of ether oxygens (including phenoxy) is 1. The van der Waals surface area contributed by atoms with Crippen LogP contribution in [0, 0.1) is 41.4 Å². The van der Waals surface area contributed by atoms with Crippen LogP contribution in [0.1, 0.15) is 150 Å². The smallest absolute Gasteiger partial charge is 0.333 e. The molecule has 0 aliphatic carbocycles. The molecule has 82 heavy (non-hydrogen) atoms. The number of amides is 1. The van der Waals surface area contributed by atoms with Gasteiger partial charge in [0.25, 0.3) is 0 Å². The molecule has 19 heteroatoms. The first kappa shape index (κ1) is 74.4. The minimum atomic E-state index is -1.49.